The molecule has 3 nitrogen and oxygen atoms in total. The number of nitrogens with zero attached hydrogens (tertiary/aromatic N) is 1. The molecule has 4 heteroatoms. The van der Waals surface area contributed by atoms with Crippen molar-refractivity contribution >= 4 is 11.3 Å². The van der Waals surface area contributed by atoms with Gasteiger partial charge in [-0.2, -0.15) is 0 Å². The Balaban J connectivity index is 1.92. The molecule has 0 saturated heterocycles. The number of aliphatic hydroxyl groups excluding tert-OH is 1. The van der Waals surface area contributed by atoms with Gasteiger partial charge in [-0.15, -0.1) is 11.3 Å². The molecule has 90 valence electrons. The second kappa shape index (κ2) is 5.75. The maximum absolute atomic E-state index is 10.0. The summed E-state index contributed by atoms with van der Waals surface area (Å²) >= 11 is 1.67. The fraction of sp³-hybridized carbons (Fsp3) is 0.750. The lowest BCUT2D eigenvalue weighted by atomic mass is 10.1. The minimum atomic E-state index is -0.190. The van der Waals surface area contributed by atoms with Gasteiger partial charge in [0.2, 0.25) is 0 Å². The Morgan fingerprint density at radius 3 is 3.00 bits per heavy atom. The van der Waals surface area contributed by atoms with Gasteiger partial charge in [0.1, 0.15) is 5.01 Å². The highest BCUT2D eigenvalue weighted by molar-refractivity contribution is 7.09. The van der Waals surface area contributed by atoms with Crippen LogP contribution in [0.1, 0.15) is 50.1 Å². The predicted molar refractivity (Wildman–Crippen MR) is 66.5 cm³/mol. The van der Waals surface area contributed by atoms with Crippen LogP contribution < -0.4 is 5.32 Å². The molecule has 1 aromatic rings. The van der Waals surface area contributed by atoms with Crippen molar-refractivity contribution in [1.82, 2.24) is 10.3 Å². The quantitative estimate of drug-likeness (QED) is 0.798. The highest BCUT2D eigenvalue weighted by Crippen LogP contribution is 2.22. The Bertz CT molecular complexity index is 302. The fourth-order valence-corrected chi connectivity index (χ4v) is 2.98. The van der Waals surface area contributed by atoms with Crippen LogP contribution in [0.15, 0.2) is 11.6 Å². The van der Waals surface area contributed by atoms with E-state index in [-0.39, 0.29) is 18.2 Å². The molecule has 1 saturated carbocycles. The smallest absolute Gasteiger partial charge is 0.109 e. The molecule has 2 N–H and O–H groups in total. The third kappa shape index (κ3) is 3.03. The zero-order valence-electron chi connectivity index (χ0n) is 9.72. The van der Waals surface area contributed by atoms with E-state index in [1.807, 2.05) is 11.6 Å². The number of nitrogens with one attached hydrogen (secondary N) is 1. The number of aliphatic hydroxyl groups is 1. The first-order valence-electron chi connectivity index (χ1n) is 6.11. The van der Waals surface area contributed by atoms with Crippen LogP contribution in [0.5, 0.6) is 0 Å². The van der Waals surface area contributed by atoms with E-state index < -0.39 is 0 Å². The van der Waals surface area contributed by atoms with E-state index in [1.165, 1.54) is 12.8 Å². The van der Waals surface area contributed by atoms with Crippen LogP contribution in [-0.2, 0) is 0 Å². The van der Waals surface area contributed by atoms with Gasteiger partial charge in [-0.3, -0.25) is 0 Å². The molecule has 0 spiro atoms. The van der Waals surface area contributed by atoms with Crippen LogP contribution in [0, 0.1) is 0 Å². The molecular weight excluding hydrogens is 220 g/mol. The molecule has 1 aliphatic rings. The largest absolute Gasteiger partial charge is 0.392 e. The van der Waals surface area contributed by atoms with Gasteiger partial charge in [-0.1, -0.05) is 19.3 Å². The third-order valence-electron chi connectivity index (χ3n) is 3.27. The lowest BCUT2D eigenvalue weighted by molar-refractivity contribution is 0.115. The fourth-order valence-electron chi connectivity index (χ4n) is 2.32. The average Bonchev–Trinajstić information content (AvgIpc) is 2.73. The van der Waals surface area contributed by atoms with Gasteiger partial charge < -0.3 is 10.4 Å². The lowest BCUT2D eigenvalue weighted by Gasteiger charge is -2.25. The minimum absolute atomic E-state index is 0.190. The molecule has 3 atom stereocenters. The number of aromatic nitrogens is 1. The molecule has 1 aliphatic carbocycles. The van der Waals surface area contributed by atoms with Crippen molar-refractivity contribution in [1.29, 1.82) is 0 Å². The zero-order valence-corrected chi connectivity index (χ0v) is 10.5. The zero-order chi connectivity index (χ0) is 11.4. The van der Waals surface area contributed by atoms with Crippen molar-refractivity contribution in [2.24, 2.45) is 0 Å². The van der Waals surface area contributed by atoms with Crippen LogP contribution in [0.2, 0.25) is 0 Å². The van der Waals surface area contributed by atoms with E-state index in [1.54, 1.807) is 11.3 Å². The summed E-state index contributed by atoms with van der Waals surface area (Å²) in [6.45, 7) is 2.12. The van der Waals surface area contributed by atoms with Crippen molar-refractivity contribution in [2.75, 3.05) is 0 Å². The van der Waals surface area contributed by atoms with Crippen molar-refractivity contribution in [2.45, 2.75) is 57.2 Å². The lowest BCUT2D eigenvalue weighted by Crippen LogP contribution is -2.40. The van der Waals surface area contributed by atoms with Gasteiger partial charge >= 0.3 is 0 Å². The normalized spacial score (nSPS) is 28.6. The Morgan fingerprint density at radius 1 is 1.44 bits per heavy atom. The Kier molecular flexibility index (Phi) is 4.32. The molecule has 0 aliphatic heterocycles. The maximum Gasteiger partial charge on any atom is 0.109 e. The average molecular weight is 240 g/mol. The van der Waals surface area contributed by atoms with E-state index in [4.69, 9.17) is 0 Å². The topological polar surface area (TPSA) is 45.1 Å². The number of hydrogen-bond donors (Lipinski definition) is 2. The standard InChI is InChI=1S/C12H20N2OS/c1-9(12-13-7-8-16-12)14-10-5-3-2-4-6-11(10)15/h7-11,14-15H,2-6H2,1H3. The highest BCUT2D eigenvalue weighted by atomic mass is 32.1. The highest BCUT2D eigenvalue weighted by Gasteiger charge is 2.23. The Morgan fingerprint density at radius 2 is 2.25 bits per heavy atom. The summed E-state index contributed by atoms with van der Waals surface area (Å²) in [4.78, 5) is 4.30. The van der Waals surface area contributed by atoms with E-state index in [0.29, 0.717) is 0 Å². The van der Waals surface area contributed by atoms with Crippen LogP contribution in [-0.4, -0.2) is 22.2 Å². The first kappa shape index (κ1) is 12.0. The molecule has 2 rings (SSSR count). The summed E-state index contributed by atoms with van der Waals surface area (Å²) in [6.07, 6.45) is 7.29. The van der Waals surface area contributed by atoms with Crippen LogP contribution in [0.25, 0.3) is 0 Å². The van der Waals surface area contributed by atoms with E-state index in [2.05, 4.69) is 17.2 Å². The second-order valence-electron chi connectivity index (χ2n) is 4.57. The summed E-state index contributed by atoms with van der Waals surface area (Å²) in [5.41, 5.74) is 0. The maximum atomic E-state index is 10.0. The molecule has 1 fully saturated rings. The first-order chi connectivity index (χ1) is 7.77. The summed E-state index contributed by atoms with van der Waals surface area (Å²) < 4.78 is 0. The SMILES string of the molecule is CC(NC1CCCCCC1O)c1nccs1. The van der Waals surface area contributed by atoms with Crippen molar-refractivity contribution in [3.05, 3.63) is 16.6 Å². The first-order valence-corrected chi connectivity index (χ1v) is 6.99. The molecule has 1 aromatic heterocycles. The van der Waals surface area contributed by atoms with Gasteiger partial charge in [0.25, 0.3) is 0 Å². The van der Waals surface area contributed by atoms with Crippen molar-refractivity contribution in [3.63, 3.8) is 0 Å². The molecule has 16 heavy (non-hydrogen) atoms. The molecule has 0 bridgehead atoms. The van der Waals surface area contributed by atoms with Gasteiger partial charge in [0, 0.05) is 17.6 Å². The Labute approximate surface area is 101 Å². The third-order valence-corrected chi connectivity index (χ3v) is 4.22. The van der Waals surface area contributed by atoms with Crippen molar-refractivity contribution in [3.8, 4) is 0 Å². The van der Waals surface area contributed by atoms with E-state index in [9.17, 15) is 5.11 Å². The molecule has 1 heterocycles. The Hall–Kier alpha value is -0.450. The summed E-state index contributed by atoms with van der Waals surface area (Å²) in [6, 6.07) is 0.485. The van der Waals surface area contributed by atoms with E-state index in [0.717, 1.165) is 24.3 Å². The van der Waals surface area contributed by atoms with Crippen LogP contribution in [0.3, 0.4) is 0 Å². The molecule has 0 aromatic carbocycles. The van der Waals surface area contributed by atoms with Crippen LogP contribution >= 0.6 is 11.3 Å². The minimum Gasteiger partial charge on any atom is -0.392 e. The monoisotopic (exact) mass is 240 g/mol. The van der Waals surface area contributed by atoms with Gasteiger partial charge in [-0.25, -0.2) is 4.98 Å². The van der Waals surface area contributed by atoms with E-state index >= 15 is 0 Å². The molecule has 0 amide bonds. The van der Waals surface area contributed by atoms with Crippen molar-refractivity contribution < 1.29 is 5.11 Å². The number of rotatable bonds is 3. The number of thiazole rings is 1. The van der Waals surface area contributed by atoms with Gasteiger partial charge in [0.15, 0.2) is 0 Å². The second-order valence-corrected chi connectivity index (χ2v) is 5.50. The summed E-state index contributed by atoms with van der Waals surface area (Å²) in [5, 5.41) is 16.6. The predicted octanol–water partition coefficient (Wildman–Crippen LogP) is 2.49. The molecular formula is C12H20N2OS. The molecule has 0 radical (unpaired) electrons. The van der Waals surface area contributed by atoms with Crippen LogP contribution in [0.4, 0.5) is 0 Å². The van der Waals surface area contributed by atoms with Gasteiger partial charge in [0.05, 0.1) is 12.1 Å². The summed E-state index contributed by atoms with van der Waals surface area (Å²) in [5.74, 6) is 0. The van der Waals surface area contributed by atoms with Gasteiger partial charge in [-0.05, 0) is 19.8 Å². The summed E-state index contributed by atoms with van der Waals surface area (Å²) in [7, 11) is 0. The number of hydrogen-bond acceptors (Lipinski definition) is 4. The molecule has 3 unspecified atom stereocenters.